The Labute approximate surface area is 211 Å². The molecule has 0 spiro atoms. The van der Waals surface area contributed by atoms with Crippen LogP contribution in [-0.2, 0) is 14.4 Å². The normalized spacial score (nSPS) is 28.9. The average molecular weight is 476 g/mol. The topological polar surface area (TPSA) is 54.5 Å². The van der Waals surface area contributed by atoms with E-state index in [0.717, 1.165) is 34.3 Å². The zero-order valence-corrected chi connectivity index (χ0v) is 20.8. The quantitative estimate of drug-likeness (QED) is 0.419. The Morgan fingerprint density at radius 2 is 1.25 bits per heavy atom. The van der Waals surface area contributed by atoms with Crippen molar-refractivity contribution in [2.75, 3.05) is 4.90 Å². The molecule has 3 aromatic rings. The molecule has 2 bridgehead atoms. The molecule has 4 atom stereocenters. The van der Waals surface area contributed by atoms with Crippen LogP contribution in [0.5, 0.6) is 0 Å². The third kappa shape index (κ3) is 2.67. The number of imide groups is 1. The van der Waals surface area contributed by atoms with E-state index in [-0.39, 0.29) is 17.6 Å². The SMILES string of the molecule is CCC[C@@]12C(=O)[C@@](C)(C(c3ccccc3)=C1c1ccccc1)[C@@H]1C(=O)N(c3ccc(C)cc3)C(=O)[C@H]12. The number of carbonyl (C=O) groups is 3. The minimum atomic E-state index is -1.08. The van der Waals surface area contributed by atoms with E-state index in [1.807, 2.05) is 98.8 Å². The maximum absolute atomic E-state index is 14.6. The zero-order valence-electron chi connectivity index (χ0n) is 20.8. The number of fused-ring (bicyclic) bond motifs is 5. The summed E-state index contributed by atoms with van der Waals surface area (Å²) in [6.07, 6.45) is 1.26. The Morgan fingerprint density at radius 1 is 0.722 bits per heavy atom. The molecule has 0 radical (unpaired) electrons. The highest BCUT2D eigenvalue weighted by Crippen LogP contribution is 2.74. The average Bonchev–Trinajstić information content (AvgIpc) is 3.36. The lowest BCUT2D eigenvalue weighted by Gasteiger charge is -2.37. The molecule has 2 amide bonds. The summed E-state index contributed by atoms with van der Waals surface area (Å²) in [4.78, 5) is 44.3. The number of allylic oxidation sites excluding steroid dienone is 2. The molecule has 1 saturated carbocycles. The van der Waals surface area contributed by atoms with E-state index < -0.39 is 22.7 Å². The standard InChI is InChI=1S/C32H29NO3/c1-4-19-32-25(22-13-9-6-10-14-22)24(21-11-7-5-8-12-21)31(3,30(32)36)26-27(32)29(35)33(28(26)34)23-17-15-20(2)16-18-23/h5-18,26-27H,4,19H2,1-3H3/t26-,27-,31-,32+/m0/s1. The molecule has 6 rings (SSSR count). The third-order valence-electron chi connectivity index (χ3n) is 8.61. The number of nitrogens with zero attached hydrogens (tertiary/aromatic N) is 1. The second-order valence-electron chi connectivity index (χ2n) is 10.5. The van der Waals surface area contributed by atoms with E-state index in [1.54, 1.807) is 0 Å². The molecule has 3 aromatic carbocycles. The first-order valence-corrected chi connectivity index (χ1v) is 12.7. The number of Topliss-reactive ketones (excluding diaryl/α,β-unsaturated/α-hetero) is 1. The van der Waals surface area contributed by atoms with Gasteiger partial charge in [-0.15, -0.1) is 0 Å². The molecule has 4 nitrogen and oxygen atoms in total. The Balaban J connectivity index is 1.65. The van der Waals surface area contributed by atoms with Gasteiger partial charge >= 0.3 is 0 Å². The molecule has 1 saturated heterocycles. The number of anilines is 1. The summed E-state index contributed by atoms with van der Waals surface area (Å²) in [6, 6.07) is 27.4. The van der Waals surface area contributed by atoms with Gasteiger partial charge < -0.3 is 0 Å². The molecule has 0 aromatic heterocycles. The van der Waals surface area contributed by atoms with Crippen LogP contribution in [0, 0.1) is 29.6 Å². The molecule has 36 heavy (non-hydrogen) atoms. The fourth-order valence-electron chi connectivity index (χ4n) is 7.31. The molecular formula is C32H29NO3. The summed E-state index contributed by atoms with van der Waals surface area (Å²) in [5.41, 5.74) is 3.24. The van der Waals surface area contributed by atoms with Gasteiger partial charge in [-0.2, -0.15) is 0 Å². The number of hydrogen-bond acceptors (Lipinski definition) is 3. The highest BCUT2D eigenvalue weighted by atomic mass is 16.2. The van der Waals surface area contributed by atoms with E-state index in [9.17, 15) is 14.4 Å². The monoisotopic (exact) mass is 475 g/mol. The Morgan fingerprint density at radius 3 is 1.81 bits per heavy atom. The van der Waals surface area contributed by atoms with Crippen LogP contribution in [-0.4, -0.2) is 17.6 Å². The van der Waals surface area contributed by atoms with Crippen molar-refractivity contribution in [1.29, 1.82) is 0 Å². The zero-order chi connectivity index (χ0) is 25.2. The van der Waals surface area contributed by atoms with Gasteiger partial charge in [-0.05, 0) is 54.7 Å². The molecule has 4 heteroatoms. The van der Waals surface area contributed by atoms with Gasteiger partial charge in [0.05, 0.1) is 28.4 Å². The Bertz CT molecular complexity index is 1420. The van der Waals surface area contributed by atoms with Crippen molar-refractivity contribution in [2.45, 2.75) is 33.6 Å². The van der Waals surface area contributed by atoms with E-state index in [1.165, 1.54) is 4.90 Å². The molecule has 180 valence electrons. The second kappa shape index (κ2) is 7.86. The van der Waals surface area contributed by atoms with Gasteiger partial charge in [-0.25, -0.2) is 4.90 Å². The number of aryl methyl sites for hydroxylation is 1. The second-order valence-corrected chi connectivity index (χ2v) is 10.5. The minimum absolute atomic E-state index is 0.0230. The van der Waals surface area contributed by atoms with Gasteiger partial charge in [0, 0.05) is 0 Å². The summed E-state index contributed by atoms with van der Waals surface area (Å²) in [5, 5.41) is 0. The predicted molar refractivity (Wildman–Crippen MR) is 141 cm³/mol. The number of rotatable bonds is 5. The maximum atomic E-state index is 14.6. The van der Waals surface area contributed by atoms with Crippen molar-refractivity contribution in [2.24, 2.45) is 22.7 Å². The van der Waals surface area contributed by atoms with E-state index in [0.29, 0.717) is 12.1 Å². The number of ketones is 1. The van der Waals surface area contributed by atoms with Crippen LogP contribution in [0.2, 0.25) is 0 Å². The minimum Gasteiger partial charge on any atom is -0.298 e. The number of amides is 2. The molecule has 0 N–H and O–H groups in total. The van der Waals surface area contributed by atoms with Crippen molar-refractivity contribution in [1.82, 2.24) is 0 Å². The van der Waals surface area contributed by atoms with Gasteiger partial charge in [-0.1, -0.05) is 91.7 Å². The van der Waals surface area contributed by atoms with Crippen LogP contribution >= 0.6 is 0 Å². The highest BCUT2D eigenvalue weighted by molar-refractivity contribution is 6.34. The lowest BCUT2D eigenvalue weighted by Crippen LogP contribution is -2.41. The third-order valence-corrected chi connectivity index (χ3v) is 8.61. The fraction of sp³-hybridized carbons (Fsp3) is 0.281. The van der Waals surface area contributed by atoms with Gasteiger partial charge in [0.2, 0.25) is 11.8 Å². The van der Waals surface area contributed by atoms with Crippen LogP contribution in [0.4, 0.5) is 5.69 Å². The van der Waals surface area contributed by atoms with Crippen LogP contribution < -0.4 is 4.90 Å². The summed E-state index contributed by atoms with van der Waals surface area (Å²) < 4.78 is 0. The van der Waals surface area contributed by atoms with Crippen molar-refractivity contribution in [3.63, 3.8) is 0 Å². The molecule has 2 aliphatic carbocycles. The Kier molecular flexibility index (Phi) is 4.95. The lowest BCUT2D eigenvalue weighted by atomic mass is 9.61. The van der Waals surface area contributed by atoms with Gasteiger partial charge in [0.25, 0.3) is 0 Å². The molecular weight excluding hydrogens is 446 g/mol. The van der Waals surface area contributed by atoms with E-state index in [2.05, 4.69) is 6.92 Å². The largest absolute Gasteiger partial charge is 0.298 e. The summed E-state index contributed by atoms with van der Waals surface area (Å²) in [6.45, 7) is 5.94. The Hall–Kier alpha value is -3.79. The first-order valence-electron chi connectivity index (χ1n) is 12.7. The van der Waals surface area contributed by atoms with E-state index >= 15 is 0 Å². The van der Waals surface area contributed by atoms with Crippen LogP contribution in [0.25, 0.3) is 11.1 Å². The first-order chi connectivity index (χ1) is 17.4. The fourth-order valence-corrected chi connectivity index (χ4v) is 7.31. The van der Waals surface area contributed by atoms with Gasteiger partial charge in [-0.3, -0.25) is 14.4 Å². The van der Waals surface area contributed by atoms with Crippen molar-refractivity contribution in [3.05, 3.63) is 102 Å². The van der Waals surface area contributed by atoms with Crippen LogP contribution in [0.1, 0.15) is 43.4 Å². The lowest BCUT2D eigenvalue weighted by molar-refractivity contribution is -0.134. The molecule has 1 aliphatic heterocycles. The number of carbonyl (C=O) groups excluding carboxylic acids is 3. The van der Waals surface area contributed by atoms with Gasteiger partial charge in [0.1, 0.15) is 0 Å². The highest BCUT2D eigenvalue weighted by Gasteiger charge is 2.79. The summed E-state index contributed by atoms with van der Waals surface area (Å²) in [5.74, 6) is -1.91. The molecule has 1 heterocycles. The predicted octanol–water partition coefficient (Wildman–Crippen LogP) is 6.10. The molecule has 2 fully saturated rings. The maximum Gasteiger partial charge on any atom is 0.239 e. The number of hydrogen-bond donors (Lipinski definition) is 0. The summed E-state index contributed by atoms with van der Waals surface area (Å²) in [7, 11) is 0. The van der Waals surface area contributed by atoms with Crippen molar-refractivity contribution < 1.29 is 14.4 Å². The molecule has 3 aliphatic rings. The smallest absolute Gasteiger partial charge is 0.239 e. The van der Waals surface area contributed by atoms with Crippen molar-refractivity contribution >= 4 is 34.4 Å². The number of benzene rings is 3. The van der Waals surface area contributed by atoms with Crippen LogP contribution in [0.15, 0.2) is 84.9 Å². The van der Waals surface area contributed by atoms with Crippen molar-refractivity contribution in [3.8, 4) is 0 Å². The first kappa shape index (κ1) is 22.7. The summed E-state index contributed by atoms with van der Waals surface area (Å²) >= 11 is 0. The van der Waals surface area contributed by atoms with E-state index in [4.69, 9.17) is 0 Å². The molecule has 0 unspecified atom stereocenters. The van der Waals surface area contributed by atoms with Crippen LogP contribution in [0.3, 0.4) is 0 Å². The van der Waals surface area contributed by atoms with Gasteiger partial charge in [0.15, 0.2) is 5.78 Å².